The first-order valence-electron chi connectivity index (χ1n) is 7.92. The van der Waals surface area contributed by atoms with Gasteiger partial charge in [-0.1, -0.05) is 11.6 Å². The van der Waals surface area contributed by atoms with Gasteiger partial charge in [-0.3, -0.25) is 4.79 Å². The van der Waals surface area contributed by atoms with E-state index in [2.05, 4.69) is 11.4 Å². The van der Waals surface area contributed by atoms with Crippen molar-refractivity contribution in [2.45, 2.75) is 75.9 Å². The second-order valence-electron chi connectivity index (χ2n) is 6.55. The highest BCUT2D eigenvalue weighted by Crippen LogP contribution is 2.30. The molecule has 2 fully saturated rings. The van der Waals surface area contributed by atoms with E-state index in [1.54, 1.807) is 0 Å². The van der Waals surface area contributed by atoms with Crippen molar-refractivity contribution < 1.29 is 4.79 Å². The highest BCUT2D eigenvalue weighted by Gasteiger charge is 2.36. The smallest absolute Gasteiger partial charge is 0.226 e. The van der Waals surface area contributed by atoms with E-state index in [0.717, 1.165) is 19.3 Å². The van der Waals surface area contributed by atoms with Crippen LogP contribution in [0.4, 0.5) is 0 Å². The van der Waals surface area contributed by atoms with Gasteiger partial charge in [0.15, 0.2) is 0 Å². The fourth-order valence-electron chi connectivity index (χ4n) is 3.93. The molecule has 0 saturated carbocycles. The molecule has 1 aliphatic carbocycles. The maximum atomic E-state index is 12.4. The van der Waals surface area contributed by atoms with Crippen molar-refractivity contribution >= 4 is 5.91 Å². The van der Waals surface area contributed by atoms with Crippen molar-refractivity contribution in [2.24, 2.45) is 0 Å². The molecule has 3 heteroatoms. The maximum absolute atomic E-state index is 12.4. The van der Waals surface area contributed by atoms with Crippen LogP contribution in [0.5, 0.6) is 0 Å². The number of carbonyl (C=O) groups is 1. The van der Waals surface area contributed by atoms with Crippen molar-refractivity contribution in [1.82, 2.24) is 10.2 Å². The van der Waals surface area contributed by atoms with Gasteiger partial charge in [0, 0.05) is 31.6 Å². The fourth-order valence-corrected chi connectivity index (χ4v) is 3.93. The van der Waals surface area contributed by atoms with Crippen LogP contribution in [-0.2, 0) is 4.79 Å². The van der Waals surface area contributed by atoms with Gasteiger partial charge in [0.1, 0.15) is 0 Å². The molecule has 1 N–H and O–H groups in total. The van der Waals surface area contributed by atoms with E-state index in [1.165, 1.54) is 37.7 Å². The minimum atomic E-state index is 0.333. The van der Waals surface area contributed by atoms with Gasteiger partial charge in [-0.2, -0.15) is 0 Å². The first kappa shape index (κ1) is 13.2. The van der Waals surface area contributed by atoms with E-state index in [4.69, 9.17) is 0 Å². The zero-order chi connectivity index (χ0) is 13.2. The third-order valence-electron chi connectivity index (χ3n) is 5.15. The predicted molar refractivity (Wildman–Crippen MR) is 76.9 cm³/mol. The molecule has 2 saturated heterocycles. The summed E-state index contributed by atoms with van der Waals surface area (Å²) in [5, 5.41) is 3.65. The summed E-state index contributed by atoms with van der Waals surface area (Å²) < 4.78 is 0. The van der Waals surface area contributed by atoms with E-state index in [1.807, 2.05) is 11.9 Å². The first-order valence-corrected chi connectivity index (χ1v) is 7.92. The van der Waals surface area contributed by atoms with Crippen LogP contribution in [0.1, 0.15) is 57.8 Å². The highest BCUT2D eigenvalue weighted by atomic mass is 16.2. The molecule has 3 nitrogen and oxygen atoms in total. The number of rotatable bonds is 3. The minimum Gasteiger partial charge on any atom is -0.342 e. The number of nitrogens with one attached hydrogen (secondary N) is 1. The second kappa shape index (κ2) is 5.66. The summed E-state index contributed by atoms with van der Waals surface area (Å²) in [7, 11) is 2.02. The summed E-state index contributed by atoms with van der Waals surface area (Å²) in [6.45, 7) is 0. The van der Waals surface area contributed by atoms with Crippen LogP contribution in [0.25, 0.3) is 0 Å². The van der Waals surface area contributed by atoms with Gasteiger partial charge in [0.2, 0.25) is 5.91 Å². The maximum Gasteiger partial charge on any atom is 0.226 e. The first-order chi connectivity index (χ1) is 9.22. The van der Waals surface area contributed by atoms with Gasteiger partial charge in [-0.05, 0) is 51.4 Å². The van der Waals surface area contributed by atoms with Crippen molar-refractivity contribution in [1.29, 1.82) is 0 Å². The van der Waals surface area contributed by atoms with E-state index >= 15 is 0 Å². The van der Waals surface area contributed by atoms with Crippen LogP contribution in [-0.4, -0.2) is 36.0 Å². The Kier molecular flexibility index (Phi) is 3.92. The van der Waals surface area contributed by atoms with Gasteiger partial charge in [-0.15, -0.1) is 0 Å². The molecule has 2 bridgehead atoms. The number of hydrogen-bond acceptors (Lipinski definition) is 2. The number of hydrogen-bond donors (Lipinski definition) is 1. The summed E-state index contributed by atoms with van der Waals surface area (Å²) >= 11 is 0. The SMILES string of the molecule is CN(C(=O)CC1=CCCCC1)C1CC2CCC(C1)N2. The quantitative estimate of drug-likeness (QED) is 0.793. The van der Waals surface area contributed by atoms with Crippen molar-refractivity contribution in [2.75, 3.05) is 7.05 Å². The Morgan fingerprint density at radius 1 is 1.32 bits per heavy atom. The molecular formula is C16H26N2O. The average molecular weight is 262 g/mol. The molecule has 0 aromatic carbocycles. The van der Waals surface area contributed by atoms with Gasteiger partial charge >= 0.3 is 0 Å². The van der Waals surface area contributed by atoms with Gasteiger partial charge in [-0.25, -0.2) is 0 Å². The van der Waals surface area contributed by atoms with Crippen LogP contribution in [0.3, 0.4) is 0 Å². The molecule has 2 aliphatic heterocycles. The number of fused-ring (bicyclic) bond motifs is 2. The van der Waals surface area contributed by atoms with Gasteiger partial charge in [0.25, 0.3) is 0 Å². The molecule has 0 radical (unpaired) electrons. The summed E-state index contributed by atoms with van der Waals surface area (Å²) in [5.41, 5.74) is 1.38. The summed E-state index contributed by atoms with van der Waals surface area (Å²) in [5.74, 6) is 0.333. The van der Waals surface area contributed by atoms with Crippen LogP contribution >= 0.6 is 0 Å². The third kappa shape index (κ3) is 3.02. The molecule has 1 amide bonds. The molecule has 2 unspecified atom stereocenters. The lowest BCUT2D eigenvalue weighted by Gasteiger charge is -2.36. The zero-order valence-electron chi connectivity index (χ0n) is 12.0. The Balaban J connectivity index is 1.55. The lowest BCUT2D eigenvalue weighted by atomic mass is 9.95. The Morgan fingerprint density at radius 2 is 2.05 bits per heavy atom. The fraction of sp³-hybridized carbons (Fsp3) is 0.812. The van der Waals surface area contributed by atoms with Crippen molar-refractivity contribution in [3.63, 3.8) is 0 Å². The van der Waals surface area contributed by atoms with Crippen molar-refractivity contribution in [3.05, 3.63) is 11.6 Å². The third-order valence-corrected chi connectivity index (χ3v) is 5.15. The highest BCUT2D eigenvalue weighted by molar-refractivity contribution is 5.78. The molecule has 3 aliphatic rings. The normalized spacial score (nSPS) is 33.9. The average Bonchev–Trinajstić information content (AvgIpc) is 2.77. The molecule has 19 heavy (non-hydrogen) atoms. The van der Waals surface area contributed by atoms with E-state index < -0.39 is 0 Å². The zero-order valence-corrected chi connectivity index (χ0v) is 12.0. The Hall–Kier alpha value is -0.830. The number of allylic oxidation sites excluding steroid dienone is 1. The van der Waals surface area contributed by atoms with Gasteiger partial charge in [0.05, 0.1) is 0 Å². The lowest BCUT2D eigenvalue weighted by molar-refractivity contribution is -0.132. The standard InChI is InChI=1S/C16H26N2O/c1-18(15-10-13-7-8-14(11-15)17-13)16(19)9-12-5-3-2-4-6-12/h5,13-15,17H,2-4,6-11H2,1H3. The number of nitrogens with zero attached hydrogens (tertiary/aromatic N) is 1. The largest absolute Gasteiger partial charge is 0.342 e. The number of carbonyl (C=O) groups excluding carboxylic acids is 1. The van der Waals surface area contributed by atoms with Crippen molar-refractivity contribution in [3.8, 4) is 0 Å². The van der Waals surface area contributed by atoms with Crippen LogP contribution in [0.15, 0.2) is 11.6 Å². The predicted octanol–water partition coefficient (Wildman–Crippen LogP) is 2.62. The monoisotopic (exact) mass is 262 g/mol. The van der Waals surface area contributed by atoms with E-state index in [0.29, 0.717) is 30.5 Å². The number of amides is 1. The van der Waals surface area contributed by atoms with Crippen LogP contribution < -0.4 is 5.32 Å². The minimum absolute atomic E-state index is 0.333. The molecule has 0 aromatic heterocycles. The summed E-state index contributed by atoms with van der Waals surface area (Å²) in [6.07, 6.45) is 12.7. The Morgan fingerprint density at radius 3 is 2.68 bits per heavy atom. The summed E-state index contributed by atoms with van der Waals surface area (Å²) in [6, 6.07) is 1.79. The van der Waals surface area contributed by atoms with E-state index in [9.17, 15) is 4.79 Å². The molecular weight excluding hydrogens is 236 g/mol. The Bertz CT molecular complexity index is 365. The molecule has 3 rings (SSSR count). The lowest BCUT2D eigenvalue weighted by Crippen LogP contribution is -2.48. The van der Waals surface area contributed by atoms with E-state index in [-0.39, 0.29) is 0 Å². The molecule has 106 valence electrons. The second-order valence-corrected chi connectivity index (χ2v) is 6.55. The van der Waals surface area contributed by atoms with Crippen LogP contribution in [0.2, 0.25) is 0 Å². The van der Waals surface area contributed by atoms with Crippen LogP contribution in [0, 0.1) is 0 Å². The topological polar surface area (TPSA) is 32.3 Å². The van der Waals surface area contributed by atoms with Gasteiger partial charge < -0.3 is 10.2 Å². The molecule has 0 aromatic rings. The Labute approximate surface area is 116 Å². The number of piperidine rings is 1. The molecule has 2 atom stereocenters. The molecule has 2 heterocycles. The molecule has 0 spiro atoms. The summed E-state index contributed by atoms with van der Waals surface area (Å²) in [4.78, 5) is 14.5.